The lowest BCUT2D eigenvalue weighted by atomic mass is 10.1. The summed E-state index contributed by atoms with van der Waals surface area (Å²) in [6, 6.07) is 14.9. The maximum Gasteiger partial charge on any atom is 0.255 e. The van der Waals surface area contributed by atoms with Crippen LogP contribution in [0, 0.1) is 0 Å². The summed E-state index contributed by atoms with van der Waals surface area (Å²) in [7, 11) is 0. The van der Waals surface area contributed by atoms with Crippen LogP contribution >= 0.6 is 11.6 Å². The standard InChI is InChI=1S/C17H15ClN2O3/c18-14-8-4-7-13(9-14)16-19(10-15(11-21)20(16)23)17(22)12-5-2-1-3-6-12/h1-9,11,15-16,23H,10H2. The average Bonchev–Trinajstić information content (AvgIpc) is 2.91. The second kappa shape index (κ2) is 6.50. The fraction of sp³-hybridized carbons (Fsp3) is 0.176. The summed E-state index contributed by atoms with van der Waals surface area (Å²) in [5.41, 5.74) is 1.15. The number of carbonyl (C=O) groups is 2. The van der Waals surface area contributed by atoms with Crippen molar-refractivity contribution >= 4 is 23.8 Å². The number of rotatable bonds is 3. The number of hydrogen-bond acceptors (Lipinski definition) is 4. The normalized spacial score (nSPS) is 21.4. The van der Waals surface area contributed by atoms with Gasteiger partial charge in [-0.3, -0.25) is 4.79 Å². The Labute approximate surface area is 138 Å². The highest BCUT2D eigenvalue weighted by atomic mass is 35.5. The van der Waals surface area contributed by atoms with Crippen molar-refractivity contribution in [1.29, 1.82) is 0 Å². The molecule has 1 aliphatic heterocycles. The second-order valence-electron chi connectivity index (χ2n) is 5.34. The van der Waals surface area contributed by atoms with Gasteiger partial charge in [0.15, 0.2) is 0 Å². The molecule has 3 rings (SSSR count). The number of carbonyl (C=O) groups excluding carboxylic acids is 2. The molecule has 5 nitrogen and oxygen atoms in total. The van der Waals surface area contributed by atoms with Crippen LogP contribution in [0.25, 0.3) is 0 Å². The zero-order valence-corrected chi connectivity index (χ0v) is 12.9. The second-order valence-corrected chi connectivity index (χ2v) is 5.77. The van der Waals surface area contributed by atoms with Crippen molar-refractivity contribution < 1.29 is 14.8 Å². The highest BCUT2D eigenvalue weighted by Gasteiger charge is 2.42. The van der Waals surface area contributed by atoms with E-state index in [-0.39, 0.29) is 12.5 Å². The van der Waals surface area contributed by atoms with Gasteiger partial charge in [-0.1, -0.05) is 41.9 Å². The zero-order chi connectivity index (χ0) is 16.4. The van der Waals surface area contributed by atoms with E-state index in [0.717, 1.165) is 5.06 Å². The van der Waals surface area contributed by atoms with E-state index in [9.17, 15) is 14.8 Å². The monoisotopic (exact) mass is 330 g/mol. The van der Waals surface area contributed by atoms with Crippen LogP contribution in [0.1, 0.15) is 22.1 Å². The summed E-state index contributed by atoms with van der Waals surface area (Å²) >= 11 is 6.01. The van der Waals surface area contributed by atoms with Crippen molar-refractivity contribution in [3.63, 3.8) is 0 Å². The molecule has 1 N–H and O–H groups in total. The average molecular weight is 331 g/mol. The molecular weight excluding hydrogens is 316 g/mol. The van der Waals surface area contributed by atoms with Crippen molar-refractivity contribution in [2.75, 3.05) is 6.54 Å². The van der Waals surface area contributed by atoms with Gasteiger partial charge in [0.1, 0.15) is 18.5 Å². The number of hydrogen-bond donors (Lipinski definition) is 1. The number of halogens is 1. The van der Waals surface area contributed by atoms with Gasteiger partial charge in [-0.2, -0.15) is 5.06 Å². The number of amides is 1. The molecule has 1 saturated heterocycles. The minimum absolute atomic E-state index is 0.116. The molecule has 1 aliphatic rings. The lowest BCUT2D eigenvalue weighted by Gasteiger charge is -2.27. The lowest BCUT2D eigenvalue weighted by molar-refractivity contribution is -0.154. The smallest absolute Gasteiger partial charge is 0.255 e. The number of benzene rings is 2. The number of nitrogens with zero attached hydrogens (tertiary/aromatic N) is 2. The summed E-state index contributed by atoms with van der Waals surface area (Å²) in [5, 5.41) is 11.7. The minimum atomic E-state index is -0.772. The van der Waals surface area contributed by atoms with E-state index in [4.69, 9.17) is 11.6 Å². The molecule has 1 amide bonds. The molecule has 1 heterocycles. The molecule has 0 spiro atoms. The molecule has 0 aliphatic carbocycles. The number of hydroxylamine groups is 2. The van der Waals surface area contributed by atoms with Gasteiger partial charge in [-0.25, -0.2) is 0 Å². The first-order chi connectivity index (χ1) is 11.1. The van der Waals surface area contributed by atoms with Gasteiger partial charge < -0.3 is 14.9 Å². The molecule has 6 heteroatoms. The van der Waals surface area contributed by atoms with Gasteiger partial charge in [0, 0.05) is 17.1 Å². The Kier molecular flexibility index (Phi) is 4.43. The Morgan fingerprint density at radius 1 is 1.17 bits per heavy atom. The van der Waals surface area contributed by atoms with Crippen LogP contribution in [0.5, 0.6) is 0 Å². The maximum atomic E-state index is 12.8. The summed E-state index contributed by atoms with van der Waals surface area (Å²) < 4.78 is 0. The molecule has 0 radical (unpaired) electrons. The molecule has 0 saturated carbocycles. The highest BCUT2D eigenvalue weighted by molar-refractivity contribution is 6.30. The molecule has 2 atom stereocenters. The van der Waals surface area contributed by atoms with Crippen molar-refractivity contribution in [2.24, 2.45) is 0 Å². The Morgan fingerprint density at radius 2 is 1.91 bits per heavy atom. The van der Waals surface area contributed by atoms with Gasteiger partial charge in [-0.15, -0.1) is 0 Å². The predicted molar refractivity (Wildman–Crippen MR) is 85.1 cm³/mol. The first-order valence-electron chi connectivity index (χ1n) is 7.16. The van der Waals surface area contributed by atoms with Crippen LogP contribution in [0.2, 0.25) is 5.02 Å². The Bertz CT molecular complexity index is 723. The fourth-order valence-corrected chi connectivity index (χ4v) is 2.95. The van der Waals surface area contributed by atoms with Crippen LogP contribution in [-0.4, -0.2) is 40.0 Å². The van der Waals surface area contributed by atoms with Gasteiger partial charge >= 0.3 is 0 Å². The van der Waals surface area contributed by atoms with Crippen LogP contribution < -0.4 is 0 Å². The van der Waals surface area contributed by atoms with E-state index < -0.39 is 12.2 Å². The minimum Gasteiger partial charge on any atom is -0.315 e. The Balaban J connectivity index is 1.99. The van der Waals surface area contributed by atoms with Gasteiger partial charge in [-0.05, 0) is 29.8 Å². The van der Waals surface area contributed by atoms with E-state index in [1.165, 1.54) is 4.90 Å². The van der Waals surface area contributed by atoms with Crippen LogP contribution in [0.15, 0.2) is 54.6 Å². The molecule has 0 bridgehead atoms. The summed E-state index contributed by atoms with van der Waals surface area (Å²) in [5.74, 6) is -0.251. The topological polar surface area (TPSA) is 60.9 Å². The zero-order valence-electron chi connectivity index (χ0n) is 12.2. The van der Waals surface area contributed by atoms with Crippen LogP contribution in [-0.2, 0) is 4.79 Å². The first-order valence-corrected chi connectivity index (χ1v) is 7.53. The molecule has 2 unspecified atom stereocenters. The van der Waals surface area contributed by atoms with Gasteiger partial charge in [0.05, 0.1) is 0 Å². The lowest BCUT2D eigenvalue weighted by Crippen LogP contribution is -2.34. The van der Waals surface area contributed by atoms with Crippen molar-refractivity contribution in [3.8, 4) is 0 Å². The SMILES string of the molecule is O=CC1CN(C(=O)c2ccccc2)C(c2cccc(Cl)c2)N1O. The largest absolute Gasteiger partial charge is 0.315 e. The van der Waals surface area contributed by atoms with Gasteiger partial charge in [0.25, 0.3) is 5.91 Å². The predicted octanol–water partition coefficient (Wildman–Crippen LogP) is 2.75. The van der Waals surface area contributed by atoms with Crippen molar-refractivity contribution in [3.05, 3.63) is 70.7 Å². The van der Waals surface area contributed by atoms with E-state index in [1.54, 1.807) is 48.5 Å². The molecule has 2 aromatic carbocycles. The summed E-state index contributed by atoms with van der Waals surface area (Å²) in [6.07, 6.45) is -0.118. The highest BCUT2D eigenvalue weighted by Crippen LogP contribution is 2.33. The molecular formula is C17H15ClN2O3. The first kappa shape index (κ1) is 15.7. The molecule has 1 fully saturated rings. The van der Waals surface area contributed by atoms with E-state index >= 15 is 0 Å². The summed E-state index contributed by atoms with van der Waals surface area (Å²) in [6.45, 7) is 0.116. The Morgan fingerprint density at radius 3 is 2.57 bits per heavy atom. The van der Waals surface area contributed by atoms with E-state index in [0.29, 0.717) is 22.4 Å². The molecule has 0 aromatic heterocycles. The molecule has 23 heavy (non-hydrogen) atoms. The van der Waals surface area contributed by atoms with E-state index in [1.807, 2.05) is 6.07 Å². The number of aldehydes is 1. The van der Waals surface area contributed by atoms with Crippen molar-refractivity contribution in [2.45, 2.75) is 12.2 Å². The van der Waals surface area contributed by atoms with Gasteiger partial charge in [0.2, 0.25) is 0 Å². The summed E-state index contributed by atoms with van der Waals surface area (Å²) in [4.78, 5) is 25.4. The maximum absolute atomic E-state index is 12.8. The third-order valence-electron chi connectivity index (χ3n) is 3.85. The molecule has 118 valence electrons. The van der Waals surface area contributed by atoms with Crippen LogP contribution in [0.3, 0.4) is 0 Å². The van der Waals surface area contributed by atoms with Crippen molar-refractivity contribution in [1.82, 2.24) is 9.96 Å². The van der Waals surface area contributed by atoms with E-state index in [2.05, 4.69) is 0 Å². The van der Waals surface area contributed by atoms with Crippen LogP contribution in [0.4, 0.5) is 0 Å². The molecule has 2 aromatic rings. The fourth-order valence-electron chi connectivity index (χ4n) is 2.75. The Hall–Kier alpha value is -2.21. The third-order valence-corrected chi connectivity index (χ3v) is 4.09. The quantitative estimate of drug-likeness (QED) is 0.879. The third kappa shape index (κ3) is 2.99.